The standard InChI is InChI=1S/C19H28N4O/c1-14-13-17(23-18(21-14)20-11-8-12-24-5)22-16-10-7-6-9-15(16)19(2,3)4/h6-7,9-10,13H,8,11-12H2,1-5H3,(H2,20,21,22,23). The van der Waals surface area contributed by atoms with Crippen molar-refractivity contribution in [2.45, 2.75) is 39.5 Å². The van der Waals surface area contributed by atoms with Crippen LogP contribution in [0, 0.1) is 6.92 Å². The van der Waals surface area contributed by atoms with E-state index in [1.165, 1.54) is 5.56 Å². The molecule has 2 aromatic rings. The van der Waals surface area contributed by atoms with Gasteiger partial charge in [0.1, 0.15) is 5.82 Å². The highest BCUT2D eigenvalue weighted by atomic mass is 16.5. The molecule has 0 amide bonds. The van der Waals surface area contributed by atoms with E-state index in [0.717, 1.165) is 36.8 Å². The highest BCUT2D eigenvalue weighted by Crippen LogP contribution is 2.31. The normalized spacial score (nSPS) is 11.4. The Morgan fingerprint density at radius 1 is 1.12 bits per heavy atom. The van der Waals surface area contributed by atoms with Gasteiger partial charge in [-0.2, -0.15) is 4.98 Å². The molecule has 5 heteroatoms. The molecule has 1 aromatic carbocycles. The first kappa shape index (κ1) is 18.2. The smallest absolute Gasteiger partial charge is 0.224 e. The quantitative estimate of drug-likeness (QED) is 0.743. The minimum Gasteiger partial charge on any atom is -0.385 e. The number of ether oxygens (including phenoxy) is 1. The first-order valence-corrected chi connectivity index (χ1v) is 8.35. The van der Waals surface area contributed by atoms with Gasteiger partial charge in [-0.15, -0.1) is 0 Å². The Bertz CT molecular complexity index is 665. The van der Waals surface area contributed by atoms with E-state index in [2.05, 4.69) is 59.6 Å². The molecule has 0 bridgehead atoms. The maximum Gasteiger partial charge on any atom is 0.224 e. The van der Waals surface area contributed by atoms with Crippen LogP contribution in [0.3, 0.4) is 0 Å². The minimum atomic E-state index is 0.0624. The lowest BCUT2D eigenvalue weighted by atomic mass is 9.86. The molecule has 0 atom stereocenters. The molecule has 0 saturated carbocycles. The van der Waals surface area contributed by atoms with E-state index >= 15 is 0 Å². The third-order valence-corrected chi connectivity index (χ3v) is 3.66. The Hall–Kier alpha value is -2.14. The number of rotatable bonds is 7. The molecule has 0 fully saturated rings. The van der Waals surface area contributed by atoms with Crippen molar-refractivity contribution in [2.24, 2.45) is 0 Å². The summed E-state index contributed by atoms with van der Waals surface area (Å²) >= 11 is 0. The molecule has 1 aromatic heterocycles. The van der Waals surface area contributed by atoms with Gasteiger partial charge in [-0.3, -0.25) is 0 Å². The summed E-state index contributed by atoms with van der Waals surface area (Å²) in [6, 6.07) is 10.3. The number of para-hydroxylation sites is 1. The summed E-state index contributed by atoms with van der Waals surface area (Å²) in [4.78, 5) is 9.02. The van der Waals surface area contributed by atoms with Crippen LogP contribution in [0.4, 0.5) is 17.5 Å². The lowest BCUT2D eigenvalue weighted by molar-refractivity contribution is 0.197. The van der Waals surface area contributed by atoms with E-state index in [4.69, 9.17) is 4.74 Å². The van der Waals surface area contributed by atoms with Crippen LogP contribution in [-0.2, 0) is 10.2 Å². The van der Waals surface area contributed by atoms with Gasteiger partial charge in [-0.25, -0.2) is 4.98 Å². The lowest BCUT2D eigenvalue weighted by Gasteiger charge is -2.23. The number of hydrogen-bond acceptors (Lipinski definition) is 5. The van der Waals surface area contributed by atoms with Crippen molar-refractivity contribution in [3.8, 4) is 0 Å². The van der Waals surface area contributed by atoms with E-state index in [-0.39, 0.29) is 5.41 Å². The Morgan fingerprint density at radius 3 is 2.58 bits per heavy atom. The van der Waals surface area contributed by atoms with Crippen LogP contribution in [0.1, 0.15) is 38.4 Å². The molecule has 0 aliphatic carbocycles. The maximum absolute atomic E-state index is 5.06. The third kappa shape index (κ3) is 5.20. The Morgan fingerprint density at radius 2 is 1.88 bits per heavy atom. The number of nitrogens with zero attached hydrogens (tertiary/aromatic N) is 2. The number of aryl methyl sites for hydroxylation is 1. The van der Waals surface area contributed by atoms with Crippen LogP contribution in [-0.4, -0.2) is 30.2 Å². The van der Waals surface area contributed by atoms with Gasteiger partial charge < -0.3 is 15.4 Å². The average Bonchev–Trinajstić information content (AvgIpc) is 2.50. The van der Waals surface area contributed by atoms with Gasteiger partial charge >= 0.3 is 0 Å². The molecular weight excluding hydrogens is 300 g/mol. The molecule has 0 unspecified atom stereocenters. The van der Waals surface area contributed by atoms with Crippen molar-refractivity contribution in [3.05, 3.63) is 41.6 Å². The highest BCUT2D eigenvalue weighted by Gasteiger charge is 2.17. The molecule has 1 heterocycles. The average molecular weight is 328 g/mol. The summed E-state index contributed by atoms with van der Waals surface area (Å²) in [5, 5.41) is 6.70. The first-order chi connectivity index (χ1) is 11.4. The molecule has 0 spiro atoms. The molecule has 2 N–H and O–H groups in total. The zero-order valence-corrected chi connectivity index (χ0v) is 15.3. The molecule has 2 rings (SSSR count). The Balaban J connectivity index is 2.17. The molecule has 0 radical (unpaired) electrons. The van der Waals surface area contributed by atoms with Gasteiger partial charge in [-0.05, 0) is 30.4 Å². The fraction of sp³-hybridized carbons (Fsp3) is 0.474. The maximum atomic E-state index is 5.06. The minimum absolute atomic E-state index is 0.0624. The zero-order chi connectivity index (χ0) is 17.6. The lowest BCUT2D eigenvalue weighted by Crippen LogP contribution is -2.14. The van der Waals surface area contributed by atoms with Crippen LogP contribution in [0.25, 0.3) is 0 Å². The van der Waals surface area contributed by atoms with Gasteiger partial charge in [0.2, 0.25) is 5.95 Å². The van der Waals surface area contributed by atoms with Gasteiger partial charge in [-0.1, -0.05) is 39.0 Å². The monoisotopic (exact) mass is 328 g/mol. The van der Waals surface area contributed by atoms with E-state index in [1.807, 2.05) is 19.1 Å². The van der Waals surface area contributed by atoms with Crippen LogP contribution in [0.2, 0.25) is 0 Å². The van der Waals surface area contributed by atoms with E-state index in [1.54, 1.807) is 7.11 Å². The molecule has 0 saturated heterocycles. The van der Waals surface area contributed by atoms with Gasteiger partial charge in [0.05, 0.1) is 0 Å². The Kier molecular flexibility index (Phi) is 6.15. The Labute approximate surface area is 144 Å². The van der Waals surface area contributed by atoms with Crippen molar-refractivity contribution in [1.82, 2.24) is 9.97 Å². The zero-order valence-electron chi connectivity index (χ0n) is 15.3. The van der Waals surface area contributed by atoms with Crippen molar-refractivity contribution in [3.63, 3.8) is 0 Å². The number of methoxy groups -OCH3 is 1. The van der Waals surface area contributed by atoms with Crippen molar-refractivity contribution in [1.29, 1.82) is 0 Å². The number of aromatic nitrogens is 2. The second kappa shape index (κ2) is 8.11. The number of benzene rings is 1. The summed E-state index contributed by atoms with van der Waals surface area (Å²) in [6.45, 7) is 10.1. The second-order valence-corrected chi connectivity index (χ2v) is 6.91. The van der Waals surface area contributed by atoms with Crippen LogP contribution in [0.5, 0.6) is 0 Å². The topological polar surface area (TPSA) is 59.1 Å². The van der Waals surface area contributed by atoms with Crippen LogP contribution in [0.15, 0.2) is 30.3 Å². The largest absolute Gasteiger partial charge is 0.385 e. The number of nitrogens with one attached hydrogen (secondary N) is 2. The highest BCUT2D eigenvalue weighted by molar-refractivity contribution is 5.63. The van der Waals surface area contributed by atoms with Crippen LogP contribution >= 0.6 is 0 Å². The summed E-state index contributed by atoms with van der Waals surface area (Å²) in [5.74, 6) is 1.44. The predicted octanol–water partition coefficient (Wildman–Crippen LogP) is 4.27. The van der Waals surface area contributed by atoms with E-state index in [9.17, 15) is 0 Å². The van der Waals surface area contributed by atoms with E-state index < -0.39 is 0 Å². The number of anilines is 3. The van der Waals surface area contributed by atoms with Gasteiger partial charge in [0.15, 0.2) is 0 Å². The SMILES string of the molecule is COCCCNc1nc(C)cc(Nc2ccccc2C(C)(C)C)n1. The predicted molar refractivity (Wildman–Crippen MR) is 100 cm³/mol. The molecule has 0 aliphatic rings. The van der Waals surface area contributed by atoms with Crippen LogP contribution < -0.4 is 10.6 Å². The fourth-order valence-corrected chi connectivity index (χ4v) is 2.51. The summed E-state index contributed by atoms with van der Waals surface area (Å²) in [6.07, 6.45) is 0.920. The summed E-state index contributed by atoms with van der Waals surface area (Å²) in [7, 11) is 1.71. The fourth-order valence-electron chi connectivity index (χ4n) is 2.51. The molecule has 24 heavy (non-hydrogen) atoms. The molecule has 5 nitrogen and oxygen atoms in total. The van der Waals surface area contributed by atoms with E-state index in [0.29, 0.717) is 5.95 Å². The molecule has 130 valence electrons. The van der Waals surface area contributed by atoms with Crippen molar-refractivity contribution >= 4 is 17.5 Å². The number of hydrogen-bond donors (Lipinski definition) is 2. The van der Waals surface area contributed by atoms with Crippen molar-refractivity contribution < 1.29 is 4.74 Å². The van der Waals surface area contributed by atoms with Gasteiger partial charge in [0, 0.05) is 37.7 Å². The summed E-state index contributed by atoms with van der Waals surface area (Å²) < 4.78 is 5.06. The third-order valence-electron chi connectivity index (χ3n) is 3.66. The van der Waals surface area contributed by atoms with Gasteiger partial charge in [0.25, 0.3) is 0 Å². The van der Waals surface area contributed by atoms with Crippen molar-refractivity contribution in [2.75, 3.05) is 30.9 Å². The first-order valence-electron chi connectivity index (χ1n) is 8.35. The molecule has 0 aliphatic heterocycles. The summed E-state index contributed by atoms with van der Waals surface area (Å²) in [5.41, 5.74) is 3.33. The molecular formula is C19H28N4O. The second-order valence-electron chi connectivity index (χ2n) is 6.91.